The Balaban J connectivity index is 2.01. The first-order valence-corrected chi connectivity index (χ1v) is 7.15. The highest BCUT2D eigenvalue weighted by Gasteiger charge is 2.09. The summed E-state index contributed by atoms with van der Waals surface area (Å²) in [6, 6.07) is 10.0. The number of carboxylic acid groups (broad SMARTS) is 1. The lowest BCUT2D eigenvalue weighted by molar-refractivity contribution is -0.136. The molecule has 0 fully saturated rings. The maximum Gasteiger partial charge on any atom is 0.307 e. The molecule has 1 aromatic heterocycles. The fourth-order valence-corrected chi connectivity index (χ4v) is 2.72. The smallest absolute Gasteiger partial charge is 0.307 e. The SMILES string of the molecule is CC(NCc1ccccc1CC(=O)O)c1ccsc1. The molecule has 2 rings (SSSR count). The predicted molar refractivity (Wildman–Crippen MR) is 77.4 cm³/mol. The van der Waals surface area contributed by atoms with E-state index in [1.54, 1.807) is 11.3 Å². The van der Waals surface area contributed by atoms with E-state index >= 15 is 0 Å². The van der Waals surface area contributed by atoms with E-state index in [4.69, 9.17) is 5.11 Å². The number of carbonyl (C=O) groups is 1. The van der Waals surface area contributed by atoms with Gasteiger partial charge in [0.1, 0.15) is 0 Å². The van der Waals surface area contributed by atoms with Crippen LogP contribution in [-0.2, 0) is 17.8 Å². The van der Waals surface area contributed by atoms with E-state index in [1.165, 1.54) is 5.56 Å². The molecule has 0 aliphatic heterocycles. The number of aliphatic carboxylic acids is 1. The monoisotopic (exact) mass is 275 g/mol. The molecule has 0 spiro atoms. The van der Waals surface area contributed by atoms with Crippen molar-refractivity contribution in [2.24, 2.45) is 0 Å². The van der Waals surface area contributed by atoms with Crippen molar-refractivity contribution in [3.63, 3.8) is 0 Å². The van der Waals surface area contributed by atoms with Gasteiger partial charge in [-0.3, -0.25) is 4.79 Å². The number of carboxylic acids is 1. The summed E-state index contributed by atoms with van der Waals surface area (Å²) in [4.78, 5) is 10.8. The summed E-state index contributed by atoms with van der Waals surface area (Å²) < 4.78 is 0. The molecule has 0 saturated carbocycles. The van der Waals surface area contributed by atoms with Crippen LogP contribution in [0.4, 0.5) is 0 Å². The lowest BCUT2D eigenvalue weighted by Gasteiger charge is -2.14. The number of nitrogens with one attached hydrogen (secondary N) is 1. The number of benzene rings is 1. The minimum Gasteiger partial charge on any atom is -0.481 e. The van der Waals surface area contributed by atoms with E-state index in [-0.39, 0.29) is 12.5 Å². The third kappa shape index (κ3) is 3.91. The van der Waals surface area contributed by atoms with E-state index in [9.17, 15) is 4.79 Å². The molecule has 0 radical (unpaired) electrons. The van der Waals surface area contributed by atoms with Crippen LogP contribution in [-0.4, -0.2) is 11.1 Å². The highest BCUT2D eigenvalue weighted by Crippen LogP contribution is 2.17. The normalized spacial score (nSPS) is 12.3. The Labute approximate surface area is 116 Å². The van der Waals surface area contributed by atoms with E-state index in [0.29, 0.717) is 6.54 Å². The van der Waals surface area contributed by atoms with Gasteiger partial charge in [0.15, 0.2) is 0 Å². The second kappa shape index (κ2) is 6.50. The van der Waals surface area contributed by atoms with E-state index < -0.39 is 5.97 Å². The van der Waals surface area contributed by atoms with Crippen LogP contribution < -0.4 is 5.32 Å². The van der Waals surface area contributed by atoms with Crippen molar-refractivity contribution < 1.29 is 9.90 Å². The van der Waals surface area contributed by atoms with Crippen LogP contribution in [0, 0.1) is 0 Å². The van der Waals surface area contributed by atoms with Crippen LogP contribution in [0.2, 0.25) is 0 Å². The summed E-state index contributed by atoms with van der Waals surface area (Å²) in [5.74, 6) is -0.793. The van der Waals surface area contributed by atoms with Crippen molar-refractivity contribution in [3.8, 4) is 0 Å². The maximum atomic E-state index is 10.8. The van der Waals surface area contributed by atoms with E-state index in [1.807, 2.05) is 24.3 Å². The molecule has 1 atom stereocenters. The highest BCUT2D eigenvalue weighted by atomic mass is 32.1. The Kier molecular flexibility index (Phi) is 4.71. The Morgan fingerprint density at radius 3 is 2.68 bits per heavy atom. The van der Waals surface area contributed by atoms with Crippen LogP contribution in [0.3, 0.4) is 0 Å². The van der Waals surface area contributed by atoms with Gasteiger partial charge in [0.2, 0.25) is 0 Å². The summed E-state index contributed by atoms with van der Waals surface area (Å²) in [6.07, 6.45) is 0.0741. The van der Waals surface area contributed by atoms with Gasteiger partial charge >= 0.3 is 5.97 Å². The van der Waals surface area contributed by atoms with Gasteiger partial charge < -0.3 is 10.4 Å². The number of hydrogen-bond donors (Lipinski definition) is 2. The van der Waals surface area contributed by atoms with Gasteiger partial charge in [0.25, 0.3) is 0 Å². The van der Waals surface area contributed by atoms with Gasteiger partial charge in [-0.1, -0.05) is 24.3 Å². The minimum atomic E-state index is -0.793. The zero-order valence-corrected chi connectivity index (χ0v) is 11.6. The third-order valence-electron chi connectivity index (χ3n) is 3.10. The lowest BCUT2D eigenvalue weighted by Crippen LogP contribution is -2.19. The Morgan fingerprint density at radius 2 is 2.05 bits per heavy atom. The quantitative estimate of drug-likeness (QED) is 0.851. The standard InChI is InChI=1S/C15H17NO2S/c1-11(14-6-7-19-10-14)16-9-13-5-3-2-4-12(13)8-15(17)18/h2-7,10-11,16H,8-9H2,1H3,(H,17,18). The van der Waals surface area contributed by atoms with E-state index in [2.05, 4.69) is 29.1 Å². The predicted octanol–water partition coefficient (Wildman–Crippen LogP) is 3.23. The molecule has 19 heavy (non-hydrogen) atoms. The molecule has 0 amide bonds. The molecule has 1 unspecified atom stereocenters. The first-order chi connectivity index (χ1) is 9.16. The molecular formula is C15H17NO2S. The van der Waals surface area contributed by atoms with Crippen molar-refractivity contribution in [2.45, 2.75) is 25.9 Å². The van der Waals surface area contributed by atoms with Gasteiger partial charge in [-0.25, -0.2) is 0 Å². The molecular weight excluding hydrogens is 258 g/mol. The lowest BCUT2D eigenvalue weighted by atomic mass is 10.0. The minimum absolute atomic E-state index is 0.0741. The van der Waals surface area contributed by atoms with Crippen molar-refractivity contribution in [2.75, 3.05) is 0 Å². The van der Waals surface area contributed by atoms with Crippen LogP contribution in [0.5, 0.6) is 0 Å². The molecule has 0 aliphatic rings. The molecule has 0 saturated heterocycles. The average Bonchev–Trinajstić information content (AvgIpc) is 2.90. The van der Waals surface area contributed by atoms with Crippen LogP contribution >= 0.6 is 11.3 Å². The second-order valence-electron chi connectivity index (χ2n) is 4.50. The molecule has 3 nitrogen and oxygen atoms in total. The second-order valence-corrected chi connectivity index (χ2v) is 5.28. The molecule has 2 aromatic rings. The molecule has 0 bridgehead atoms. The summed E-state index contributed by atoms with van der Waals surface area (Å²) in [6.45, 7) is 2.79. The molecule has 4 heteroatoms. The van der Waals surface area contributed by atoms with Gasteiger partial charge in [0, 0.05) is 12.6 Å². The van der Waals surface area contributed by atoms with Crippen LogP contribution in [0.1, 0.15) is 29.7 Å². The largest absolute Gasteiger partial charge is 0.481 e. The average molecular weight is 275 g/mol. The fourth-order valence-electron chi connectivity index (χ4n) is 1.97. The Hall–Kier alpha value is -1.65. The fraction of sp³-hybridized carbons (Fsp3) is 0.267. The molecule has 0 aliphatic carbocycles. The number of rotatable bonds is 6. The van der Waals surface area contributed by atoms with Gasteiger partial charge in [-0.05, 0) is 40.4 Å². The van der Waals surface area contributed by atoms with Crippen LogP contribution in [0.15, 0.2) is 41.1 Å². The van der Waals surface area contributed by atoms with E-state index in [0.717, 1.165) is 11.1 Å². The Morgan fingerprint density at radius 1 is 1.32 bits per heavy atom. The Bertz CT molecular complexity index is 537. The van der Waals surface area contributed by atoms with Gasteiger partial charge in [-0.2, -0.15) is 11.3 Å². The summed E-state index contributed by atoms with van der Waals surface area (Å²) in [7, 11) is 0. The zero-order chi connectivity index (χ0) is 13.7. The first kappa shape index (κ1) is 13.8. The van der Waals surface area contributed by atoms with Crippen molar-refractivity contribution in [1.82, 2.24) is 5.32 Å². The summed E-state index contributed by atoms with van der Waals surface area (Å²) in [5.41, 5.74) is 3.19. The van der Waals surface area contributed by atoms with Gasteiger partial charge in [-0.15, -0.1) is 0 Å². The van der Waals surface area contributed by atoms with Crippen molar-refractivity contribution >= 4 is 17.3 Å². The highest BCUT2D eigenvalue weighted by molar-refractivity contribution is 7.07. The van der Waals surface area contributed by atoms with Gasteiger partial charge in [0.05, 0.1) is 6.42 Å². The van der Waals surface area contributed by atoms with Crippen molar-refractivity contribution in [1.29, 1.82) is 0 Å². The molecule has 1 aromatic carbocycles. The molecule has 2 N–H and O–H groups in total. The topological polar surface area (TPSA) is 49.3 Å². The molecule has 1 heterocycles. The first-order valence-electron chi connectivity index (χ1n) is 6.21. The maximum absolute atomic E-state index is 10.8. The third-order valence-corrected chi connectivity index (χ3v) is 3.80. The number of hydrogen-bond acceptors (Lipinski definition) is 3. The van der Waals surface area contributed by atoms with Crippen molar-refractivity contribution in [3.05, 3.63) is 57.8 Å². The van der Waals surface area contributed by atoms with Crippen LogP contribution in [0.25, 0.3) is 0 Å². The summed E-state index contributed by atoms with van der Waals surface area (Å²) >= 11 is 1.68. The number of thiophene rings is 1. The molecule has 100 valence electrons. The zero-order valence-electron chi connectivity index (χ0n) is 10.8. The summed E-state index contributed by atoms with van der Waals surface area (Å²) in [5, 5.41) is 16.5.